The largest absolute Gasteiger partial charge is 0.396 e. The van der Waals surface area contributed by atoms with Gasteiger partial charge in [-0.05, 0) is 11.6 Å². The molecular formula is C11H13N3O. The van der Waals surface area contributed by atoms with Crippen LogP contribution >= 0.6 is 0 Å². The van der Waals surface area contributed by atoms with Crippen LogP contribution in [-0.4, -0.2) is 26.7 Å². The fourth-order valence-electron chi connectivity index (χ4n) is 1.55. The number of hydrogen-bond acceptors (Lipinski definition) is 3. The van der Waals surface area contributed by atoms with Gasteiger partial charge in [0.25, 0.3) is 0 Å². The molecule has 0 aliphatic heterocycles. The number of para-hydroxylation sites is 1. The highest BCUT2D eigenvalue weighted by atomic mass is 16.3. The molecule has 0 amide bonds. The van der Waals surface area contributed by atoms with Crippen LogP contribution in [0.2, 0.25) is 0 Å². The highest BCUT2D eigenvalue weighted by Gasteiger charge is 2.10. The van der Waals surface area contributed by atoms with E-state index in [1.54, 1.807) is 17.1 Å². The van der Waals surface area contributed by atoms with Gasteiger partial charge in [0.1, 0.15) is 0 Å². The highest BCUT2D eigenvalue weighted by Crippen LogP contribution is 2.21. The third kappa shape index (κ3) is 1.89. The molecule has 0 saturated carbocycles. The maximum Gasteiger partial charge on any atom is 0.0699 e. The molecule has 0 fully saturated rings. The number of rotatable bonds is 3. The fourth-order valence-corrected chi connectivity index (χ4v) is 1.55. The quantitative estimate of drug-likeness (QED) is 0.819. The summed E-state index contributed by atoms with van der Waals surface area (Å²) in [6.45, 7) is 2.11. The van der Waals surface area contributed by atoms with E-state index < -0.39 is 0 Å². The summed E-state index contributed by atoms with van der Waals surface area (Å²) in [4.78, 5) is 0. The second kappa shape index (κ2) is 4.23. The average molecular weight is 203 g/mol. The molecule has 0 aliphatic carbocycles. The van der Waals surface area contributed by atoms with Crippen LogP contribution in [0.15, 0.2) is 36.7 Å². The van der Waals surface area contributed by atoms with Crippen LogP contribution in [0.5, 0.6) is 0 Å². The maximum absolute atomic E-state index is 9.16. The van der Waals surface area contributed by atoms with Gasteiger partial charge in [0.2, 0.25) is 0 Å². The lowest BCUT2D eigenvalue weighted by molar-refractivity contribution is 0.273. The Morgan fingerprint density at radius 1 is 1.40 bits per heavy atom. The molecule has 0 spiro atoms. The number of nitrogens with zero attached hydrogens (tertiary/aromatic N) is 3. The Bertz CT molecular complexity index is 425. The highest BCUT2D eigenvalue weighted by molar-refractivity contribution is 5.42. The number of aliphatic hydroxyl groups is 1. The molecule has 0 bridgehead atoms. The van der Waals surface area contributed by atoms with E-state index >= 15 is 0 Å². The van der Waals surface area contributed by atoms with Crippen molar-refractivity contribution in [2.45, 2.75) is 12.8 Å². The number of benzene rings is 1. The minimum Gasteiger partial charge on any atom is -0.396 e. The van der Waals surface area contributed by atoms with E-state index in [1.807, 2.05) is 31.2 Å². The first-order valence-corrected chi connectivity index (χ1v) is 4.89. The molecule has 1 N–H and O–H groups in total. The molecule has 2 aromatic rings. The van der Waals surface area contributed by atoms with Crippen molar-refractivity contribution in [1.82, 2.24) is 15.0 Å². The van der Waals surface area contributed by atoms with E-state index in [0.29, 0.717) is 0 Å². The zero-order chi connectivity index (χ0) is 10.7. The monoisotopic (exact) mass is 203 g/mol. The normalized spacial score (nSPS) is 12.7. The van der Waals surface area contributed by atoms with Crippen LogP contribution in [0.4, 0.5) is 0 Å². The molecule has 1 atom stereocenters. The minimum absolute atomic E-state index is 0.102. The van der Waals surface area contributed by atoms with Gasteiger partial charge in [0.05, 0.1) is 18.1 Å². The molecular weight excluding hydrogens is 190 g/mol. The van der Waals surface area contributed by atoms with Crippen molar-refractivity contribution >= 4 is 0 Å². The van der Waals surface area contributed by atoms with E-state index in [1.165, 1.54) is 0 Å². The number of aromatic nitrogens is 3. The van der Waals surface area contributed by atoms with Crippen LogP contribution in [0.1, 0.15) is 18.4 Å². The van der Waals surface area contributed by atoms with Crippen LogP contribution in [-0.2, 0) is 0 Å². The van der Waals surface area contributed by atoms with Gasteiger partial charge in [-0.2, -0.15) is 0 Å². The summed E-state index contributed by atoms with van der Waals surface area (Å²) in [6, 6.07) is 7.88. The SMILES string of the molecule is CC(CO)c1ccccc1-n1ccnn1. The van der Waals surface area contributed by atoms with Gasteiger partial charge in [-0.25, -0.2) is 4.68 Å². The smallest absolute Gasteiger partial charge is 0.0699 e. The molecule has 78 valence electrons. The Morgan fingerprint density at radius 3 is 2.87 bits per heavy atom. The lowest BCUT2D eigenvalue weighted by Gasteiger charge is -2.13. The standard InChI is InChI=1S/C11H13N3O/c1-9(8-15)10-4-2-3-5-11(10)14-7-6-12-13-14/h2-7,9,15H,8H2,1H3. The van der Waals surface area contributed by atoms with Gasteiger partial charge in [0.15, 0.2) is 0 Å². The molecule has 0 radical (unpaired) electrons. The van der Waals surface area contributed by atoms with Crippen molar-refractivity contribution in [2.24, 2.45) is 0 Å². The van der Waals surface area contributed by atoms with Crippen LogP contribution in [0, 0.1) is 0 Å². The summed E-state index contributed by atoms with van der Waals surface area (Å²) in [5.74, 6) is 0.102. The van der Waals surface area contributed by atoms with Gasteiger partial charge in [-0.15, -0.1) is 5.10 Å². The fraction of sp³-hybridized carbons (Fsp3) is 0.273. The van der Waals surface area contributed by atoms with E-state index in [9.17, 15) is 0 Å². The summed E-state index contributed by atoms with van der Waals surface area (Å²) in [5.41, 5.74) is 2.04. The Balaban J connectivity index is 2.47. The molecule has 2 rings (SSSR count). The molecule has 4 nitrogen and oxygen atoms in total. The maximum atomic E-state index is 9.16. The summed E-state index contributed by atoms with van der Waals surface area (Å²) in [7, 11) is 0. The summed E-state index contributed by atoms with van der Waals surface area (Å²) >= 11 is 0. The predicted octanol–water partition coefficient (Wildman–Crippen LogP) is 1.36. The minimum atomic E-state index is 0.102. The molecule has 15 heavy (non-hydrogen) atoms. The van der Waals surface area contributed by atoms with Gasteiger partial charge in [0, 0.05) is 12.5 Å². The molecule has 0 aliphatic rings. The lowest BCUT2D eigenvalue weighted by Crippen LogP contribution is -2.06. The van der Waals surface area contributed by atoms with E-state index in [-0.39, 0.29) is 12.5 Å². The Kier molecular flexibility index (Phi) is 2.78. The molecule has 1 unspecified atom stereocenters. The Labute approximate surface area is 88.2 Å². The van der Waals surface area contributed by atoms with Crippen molar-refractivity contribution in [3.05, 3.63) is 42.2 Å². The Morgan fingerprint density at radius 2 is 2.20 bits per heavy atom. The van der Waals surface area contributed by atoms with Crippen LogP contribution in [0.25, 0.3) is 5.69 Å². The lowest BCUT2D eigenvalue weighted by atomic mass is 10.0. The van der Waals surface area contributed by atoms with Gasteiger partial charge >= 0.3 is 0 Å². The predicted molar refractivity (Wildman–Crippen MR) is 56.9 cm³/mol. The zero-order valence-corrected chi connectivity index (χ0v) is 8.54. The molecule has 1 heterocycles. The molecule has 1 aromatic heterocycles. The second-order valence-electron chi connectivity index (χ2n) is 3.49. The van der Waals surface area contributed by atoms with Crippen molar-refractivity contribution in [1.29, 1.82) is 0 Å². The number of hydrogen-bond donors (Lipinski definition) is 1. The number of aliphatic hydroxyl groups excluding tert-OH is 1. The van der Waals surface area contributed by atoms with Crippen molar-refractivity contribution in [3.8, 4) is 5.69 Å². The Hall–Kier alpha value is -1.68. The third-order valence-corrected chi connectivity index (χ3v) is 2.41. The van der Waals surface area contributed by atoms with Gasteiger partial charge in [-0.1, -0.05) is 30.3 Å². The molecule has 0 saturated heterocycles. The second-order valence-corrected chi connectivity index (χ2v) is 3.49. The summed E-state index contributed by atoms with van der Waals surface area (Å²) < 4.78 is 1.71. The topological polar surface area (TPSA) is 50.9 Å². The molecule has 4 heteroatoms. The van der Waals surface area contributed by atoms with E-state index in [0.717, 1.165) is 11.3 Å². The van der Waals surface area contributed by atoms with Gasteiger partial charge < -0.3 is 5.11 Å². The summed E-state index contributed by atoms with van der Waals surface area (Å²) in [5, 5.41) is 16.9. The first-order valence-electron chi connectivity index (χ1n) is 4.89. The van der Waals surface area contributed by atoms with Gasteiger partial charge in [-0.3, -0.25) is 0 Å². The average Bonchev–Trinajstić information content (AvgIpc) is 2.81. The zero-order valence-electron chi connectivity index (χ0n) is 8.54. The van der Waals surface area contributed by atoms with Crippen LogP contribution < -0.4 is 0 Å². The van der Waals surface area contributed by atoms with Crippen molar-refractivity contribution < 1.29 is 5.11 Å². The van der Waals surface area contributed by atoms with Crippen LogP contribution in [0.3, 0.4) is 0 Å². The van der Waals surface area contributed by atoms with E-state index in [4.69, 9.17) is 5.11 Å². The first kappa shape index (κ1) is 9.86. The first-order chi connectivity index (χ1) is 7.33. The summed E-state index contributed by atoms with van der Waals surface area (Å²) in [6.07, 6.45) is 3.43. The van der Waals surface area contributed by atoms with Crippen molar-refractivity contribution in [2.75, 3.05) is 6.61 Å². The van der Waals surface area contributed by atoms with E-state index in [2.05, 4.69) is 10.3 Å². The third-order valence-electron chi connectivity index (χ3n) is 2.41. The van der Waals surface area contributed by atoms with Crippen molar-refractivity contribution in [3.63, 3.8) is 0 Å². The molecule has 1 aromatic carbocycles.